The van der Waals surface area contributed by atoms with Crippen LogP contribution in [0.4, 0.5) is 11.4 Å². The van der Waals surface area contributed by atoms with Gasteiger partial charge >= 0.3 is 0 Å². The van der Waals surface area contributed by atoms with Gasteiger partial charge in [0.25, 0.3) is 0 Å². The molecule has 0 fully saturated rings. The summed E-state index contributed by atoms with van der Waals surface area (Å²) in [5.74, 6) is 0.0814. The first kappa shape index (κ1) is 27.5. The van der Waals surface area contributed by atoms with Gasteiger partial charge in [-0.05, 0) is 89.2 Å². The third kappa shape index (κ3) is 5.63. The number of phenolic OH excluding ortho intramolecular Hbond substituents is 4. The van der Waals surface area contributed by atoms with E-state index in [4.69, 9.17) is 11.5 Å². The number of allylic oxidation sites excluding steroid dienone is 6. The van der Waals surface area contributed by atoms with Gasteiger partial charge in [-0.25, -0.2) is 0 Å². The molecule has 3 unspecified atom stereocenters. The molecule has 8 N–H and O–H groups in total. The Morgan fingerprint density at radius 2 is 1.05 bits per heavy atom. The van der Waals surface area contributed by atoms with Gasteiger partial charge in [-0.2, -0.15) is 0 Å². The van der Waals surface area contributed by atoms with Gasteiger partial charge < -0.3 is 31.9 Å². The predicted octanol–water partition coefficient (Wildman–Crippen LogP) is 6.92. The molecule has 0 amide bonds. The number of phenols is 4. The third-order valence-electron chi connectivity index (χ3n) is 7.78. The molecule has 0 spiro atoms. The van der Waals surface area contributed by atoms with Crippen LogP contribution in [0.5, 0.6) is 23.0 Å². The molecule has 5 rings (SSSR count). The van der Waals surface area contributed by atoms with Crippen LogP contribution in [0, 0.1) is 19.8 Å². The number of hydrogen-bond acceptors (Lipinski definition) is 6. The summed E-state index contributed by atoms with van der Waals surface area (Å²) < 4.78 is 0. The third-order valence-corrected chi connectivity index (χ3v) is 7.78. The normalized spacial score (nSPS) is 16.1. The van der Waals surface area contributed by atoms with Gasteiger partial charge in [0.2, 0.25) is 0 Å². The van der Waals surface area contributed by atoms with Crippen molar-refractivity contribution in [1.29, 1.82) is 0 Å². The van der Waals surface area contributed by atoms with Crippen LogP contribution in [0.3, 0.4) is 0 Å². The first-order valence-electron chi connectivity index (χ1n) is 13.4. The van der Waals surface area contributed by atoms with Crippen molar-refractivity contribution in [2.75, 3.05) is 11.5 Å². The summed E-state index contributed by atoms with van der Waals surface area (Å²) >= 11 is 0. The van der Waals surface area contributed by atoms with E-state index in [1.54, 1.807) is 36.4 Å². The molecule has 0 heterocycles. The van der Waals surface area contributed by atoms with Gasteiger partial charge in [0.05, 0.1) is 11.4 Å². The number of aromatic hydroxyl groups is 4. The van der Waals surface area contributed by atoms with Gasteiger partial charge in [-0.15, -0.1) is 0 Å². The molecule has 3 atom stereocenters. The lowest BCUT2D eigenvalue weighted by Gasteiger charge is -2.25. The molecule has 0 aromatic heterocycles. The summed E-state index contributed by atoms with van der Waals surface area (Å²) in [7, 11) is 0. The zero-order valence-corrected chi connectivity index (χ0v) is 23.0. The number of rotatable bonds is 6. The second-order valence-corrected chi connectivity index (χ2v) is 10.6. The summed E-state index contributed by atoms with van der Waals surface area (Å²) in [6, 6.07) is 21.7. The number of benzene rings is 4. The van der Waals surface area contributed by atoms with Crippen LogP contribution in [-0.2, 0) is 0 Å². The molecule has 6 nitrogen and oxygen atoms in total. The van der Waals surface area contributed by atoms with E-state index in [1.165, 1.54) is 0 Å². The fourth-order valence-corrected chi connectivity index (χ4v) is 5.52. The smallest absolute Gasteiger partial charge is 0.138 e. The molecule has 4 aromatic carbocycles. The fourth-order valence-electron chi connectivity index (χ4n) is 5.52. The minimum absolute atomic E-state index is 0.0277. The maximum Gasteiger partial charge on any atom is 0.138 e. The molecule has 41 heavy (non-hydrogen) atoms. The van der Waals surface area contributed by atoms with Gasteiger partial charge in [-0.1, -0.05) is 66.8 Å². The highest BCUT2D eigenvalue weighted by molar-refractivity contribution is 5.59. The van der Waals surface area contributed by atoms with Crippen LogP contribution in [0.25, 0.3) is 0 Å². The number of anilines is 2. The molecular weight excluding hydrogens is 512 g/mol. The molecule has 208 valence electrons. The van der Waals surface area contributed by atoms with Crippen molar-refractivity contribution in [2.24, 2.45) is 5.92 Å². The summed E-state index contributed by atoms with van der Waals surface area (Å²) in [4.78, 5) is 0. The molecule has 0 aliphatic heterocycles. The zero-order chi connectivity index (χ0) is 29.3. The average molecular weight is 547 g/mol. The molecule has 0 saturated heterocycles. The highest BCUT2D eigenvalue weighted by atomic mass is 16.3. The number of hydrogen-bond donors (Lipinski definition) is 6. The molecule has 1 aliphatic rings. The lowest BCUT2D eigenvalue weighted by atomic mass is 9.79. The largest absolute Gasteiger partial charge is 0.508 e. The Balaban J connectivity index is 1.59. The standard InChI is InChI=1S/C35H34N2O4/c1-20-16-24(8-12-30(20)38)34(26-10-14-32(40)28(36)18-26)22-4-3-5-23(7-6-22)35(25-9-13-31(39)21(2)17-25)27-11-15-33(41)29(37)19-27/h3-19,22,34-35,38-41H,36-37H2,1-2H3. The minimum Gasteiger partial charge on any atom is -0.508 e. The lowest BCUT2D eigenvalue weighted by molar-refractivity contribution is 0.470. The Bertz CT molecular complexity index is 1600. The van der Waals surface area contributed by atoms with Crippen LogP contribution in [0.15, 0.2) is 109 Å². The Labute approximate surface area is 239 Å². The van der Waals surface area contributed by atoms with Gasteiger partial charge in [0, 0.05) is 17.8 Å². The van der Waals surface area contributed by atoms with Crippen molar-refractivity contribution in [3.8, 4) is 23.0 Å². The highest BCUT2D eigenvalue weighted by Gasteiger charge is 2.25. The Morgan fingerprint density at radius 3 is 1.61 bits per heavy atom. The number of nitrogens with two attached hydrogens (primary N) is 2. The summed E-state index contributed by atoms with van der Waals surface area (Å²) in [6.45, 7) is 3.73. The van der Waals surface area contributed by atoms with Crippen LogP contribution >= 0.6 is 0 Å². The van der Waals surface area contributed by atoms with E-state index in [0.717, 1.165) is 39.0 Å². The van der Waals surface area contributed by atoms with Gasteiger partial charge in [0.15, 0.2) is 0 Å². The van der Waals surface area contributed by atoms with Crippen molar-refractivity contribution in [3.63, 3.8) is 0 Å². The van der Waals surface area contributed by atoms with E-state index in [-0.39, 0.29) is 40.8 Å². The van der Waals surface area contributed by atoms with Crippen molar-refractivity contribution in [2.45, 2.75) is 25.7 Å². The quantitative estimate of drug-likeness (QED) is 0.115. The lowest BCUT2D eigenvalue weighted by Crippen LogP contribution is -2.12. The molecule has 4 aromatic rings. The molecule has 0 saturated carbocycles. The maximum atomic E-state index is 10.2. The van der Waals surface area contributed by atoms with E-state index >= 15 is 0 Å². The van der Waals surface area contributed by atoms with Crippen molar-refractivity contribution >= 4 is 11.4 Å². The summed E-state index contributed by atoms with van der Waals surface area (Å²) in [5, 5.41) is 40.5. The molecular formula is C35H34N2O4. The summed E-state index contributed by atoms with van der Waals surface area (Å²) in [5.41, 5.74) is 19.2. The van der Waals surface area contributed by atoms with Crippen molar-refractivity contribution in [1.82, 2.24) is 0 Å². The molecule has 1 aliphatic carbocycles. The van der Waals surface area contributed by atoms with E-state index in [0.29, 0.717) is 11.4 Å². The van der Waals surface area contributed by atoms with E-state index in [1.807, 2.05) is 56.3 Å². The van der Waals surface area contributed by atoms with E-state index < -0.39 is 0 Å². The number of nitrogen functional groups attached to an aromatic ring is 2. The highest BCUT2D eigenvalue weighted by Crippen LogP contribution is 2.41. The fraction of sp³-hybridized carbons (Fsp3) is 0.143. The predicted molar refractivity (Wildman–Crippen MR) is 164 cm³/mol. The topological polar surface area (TPSA) is 133 Å². The Hall–Kier alpha value is -5.10. The van der Waals surface area contributed by atoms with Gasteiger partial charge in [-0.3, -0.25) is 0 Å². The van der Waals surface area contributed by atoms with Crippen LogP contribution < -0.4 is 11.5 Å². The monoisotopic (exact) mass is 546 g/mol. The first-order chi connectivity index (χ1) is 19.6. The maximum absolute atomic E-state index is 10.2. The Morgan fingerprint density at radius 1 is 0.585 bits per heavy atom. The summed E-state index contributed by atoms with van der Waals surface area (Å²) in [6.07, 6.45) is 10.5. The minimum atomic E-state index is -0.212. The van der Waals surface area contributed by atoms with Crippen LogP contribution in [0.2, 0.25) is 0 Å². The second kappa shape index (κ2) is 11.2. The SMILES string of the molecule is Cc1cc(C(C2=CC=CC(C(c3ccc(O)c(C)c3)c3ccc(O)c(N)c3)C=C2)c2ccc(O)c(N)c2)ccc1O. The van der Waals surface area contributed by atoms with Gasteiger partial charge in [0.1, 0.15) is 23.0 Å². The molecule has 0 bridgehead atoms. The molecule has 6 heteroatoms. The first-order valence-corrected chi connectivity index (χ1v) is 13.4. The number of aryl methyl sites for hydroxylation is 2. The van der Waals surface area contributed by atoms with Crippen LogP contribution in [-0.4, -0.2) is 20.4 Å². The zero-order valence-electron chi connectivity index (χ0n) is 23.0. The average Bonchev–Trinajstić information content (AvgIpc) is 3.18. The van der Waals surface area contributed by atoms with Crippen molar-refractivity contribution in [3.05, 3.63) is 142 Å². The second-order valence-electron chi connectivity index (χ2n) is 10.6. The van der Waals surface area contributed by atoms with E-state index in [2.05, 4.69) is 24.3 Å². The van der Waals surface area contributed by atoms with E-state index in [9.17, 15) is 20.4 Å². The molecule has 0 radical (unpaired) electrons. The Kier molecular flexibility index (Phi) is 7.49. The van der Waals surface area contributed by atoms with Crippen LogP contribution in [0.1, 0.15) is 45.2 Å². The van der Waals surface area contributed by atoms with Crippen molar-refractivity contribution < 1.29 is 20.4 Å².